The highest BCUT2D eigenvalue weighted by atomic mass is 32.1. The highest BCUT2D eigenvalue weighted by Crippen LogP contribution is 2.35. The Balaban J connectivity index is 1.89. The van der Waals surface area contributed by atoms with Crippen LogP contribution >= 0.6 is 11.3 Å². The summed E-state index contributed by atoms with van der Waals surface area (Å²) in [5.41, 5.74) is 9.74. The van der Waals surface area contributed by atoms with Gasteiger partial charge in [-0.25, -0.2) is 4.98 Å². The standard InChI is InChI=1S/C15H16N4S/c16-10-13-14(17-15-19(13)8-9-20-15)18-7-3-5-11-4-1-2-6-12(11)18/h1-2,4,6,8-9H,3,5,7,10,16H2. The lowest BCUT2D eigenvalue weighted by atomic mass is 10.0. The van der Waals surface area contributed by atoms with Crippen molar-refractivity contribution in [1.82, 2.24) is 9.38 Å². The second-order valence-corrected chi connectivity index (χ2v) is 5.90. The number of nitrogens with two attached hydrogens (primary N) is 1. The quantitative estimate of drug-likeness (QED) is 0.787. The van der Waals surface area contributed by atoms with Crippen molar-refractivity contribution in [2.45, 2.75) is 19.4 Å². The first-order valence-corrected chi connectivity index (χ1v) is 7.76. The second-order valence-electron chi connectivity index (χ2n) is 5.03. The summed E-state index contributed by atoms with van der Waals surface area (Å²) in [6, 6.07) is 8.60. The molecule has 0 fully saturated rings. The Morgan fingerprint density at radius 2 is 2.20 bits per heavy atom. The molecule has 0 unspecified atom stereocenters. The third-order valence-electron chi connectivity index (χ3n) is 3.90. The van der Waals surface area contributed by atoms with E-state index in [1.807, 2.05) is 0 Å². The molecule has 0 spiro atoms. The molecule has 1 aliphatic rings. The summed E-state index contributed by atoms with van der Waals surface area (Å²) in [6.07, 6.45) is 4.35. The van der Waals surface area contributed by atoms with Crippen LogP contribution in [0.1, 0.15) is 17.7 Å². The van der Waals surface area contributed by atoms with Crippen LogP contribution in [-0.2, 0) is 13.0 Å². The molecule has 0 atom stereocenters. The van der Waals surface area contributed by atoms with Gasteiger partial charge in [0.2, 0.25) is 0 Å². The topological polar surface area (TPSA) is 46.6 Å². The van der Waals surface area contributed by atoms with Gasteiger partial charge in [0.15, 0.2) is 10.8 Å². The summed E-state index contributed by atoms with van der Waals surface area (Å²) >= 11 is 1.65. The Kier molecular flexibility index (Phi) is 2.75. The molecule has 102 valence electrons. The third kappa shape index (κ3) is 1.67. The highest BCUT2D eigenvalue weighted by Gasteiger charge is 2.23. The van der Waals surface area contributed by atoms with E-state index < -0.39 is 0 Å². The molecule has 0 bridgehead atoms. The average molecular weight is 284 g/mol. The normalized spacial score (nSPS) is 14.8. The third-order valence-corrected chi connectivity index (χ3v) is 4.66. The van der Waals surface area contributed by atoms with Crippen LogP contribution in [-0.4, -0.2) is 15.9 Å². The molecule has 2 aromatic heterocycles. The van der Waals surface area contributed by atoms with E-state index in [2.05, 4.69) is 45.1 Å². The zero-order chi connectivity index (χ0) is 13.5. The van der Waals surface area contributed by atoms with Gasteiger partial charge in [-0.15, -0.1) is 11.3 Å². The van der Waals surface area contributed by atoms with E-state index in [1.54, 1.807) is 11.3 Å². The van der Waals surface area contributed by atoms with Crippen LogP contribution in [0.5, 0.6) is 0 Å². The number of thiazole rings is 1. The summed E-state index contributed by atoms with van der Waals surface area (Å²) in [4.78, 5) is 8.13. The number of rotatable bonds is 2. The molecule has 3 aromatic rings. The van der Waals surface area contributed by atoms with Crippen molar-refractivity contribution in [3.05, 3.63) is 47.1 Å². The molecule has 0 amide bonds. The smallest absolute Gasteiger partial charge is 0.195 e. The van der Waals surface area contributed by atoms with Crippen LogP contribution in [0.4, 0.5) is 11.5 Å². The minimum absolute atomic E-state index is 0.506. The fourth-order valence-electron chi connectivity index (χ4n) is 2.98. The van der Waals surface area contributed by atoms with Crippen molar-refractivity contribution in [2.24, 2.45) is 5.73 Å². The number of aromatic nitrogens is 2. The van der Waals surface area contributed by atoms with Gasteiger partial charge in [0.25, 0.3) is 0 Å². The molecule has 0 radical (unpaired) electrons. The highest BCUT2D eigenvalue weighted by molar-refractivity contribution is 7.15. The number of imidazole rings is 1. The number of fused-ring (bicyclic) bond motifs is 2. The summed E-state index contributed by atoms with van der Waals surface area (Å²) in [5, 5.41) is 2.05. The number of anilines is 2. The number of aryl methyl sites for hydroxylation is 1. The Bertz CT molecular complexity index is 758. The molecule has 0 saturated heterocycles. The number of nitrogens with zero attached hydrogens (tertiary/aromatic N) is 3. The maximum atomic E-state index is 5.96. The van der Waals surface area contributed by atoms with Crippen LogP contribution < -0.4 is 10.6 Å². The molecule has 0 saturated carbocycles. The molecule has 3 heterocycles. The molecule has 1 aromatic carbocycles. The zero-order valence-electron chi connectivity index (χ0n) is 11.1. The predicted octanol–water partition coefficient (Wildman–Crippen LogP) is 2.94. The van der Waals surface area contributed by atoms with Gasteiger partial charge in [-0.1, -0.05) is 18.2 Å². The lowest BCUT2D eigenvalue weighted by Crippen LogP contribution is -2.26. The molecule has 4 rings (SSSR count). The molecule has 5 heteroatoms. The van der Waals surface area contributed by atoms with Crippen molar-refractivity contribution in [3.8, 4) is 0 Å². The van der Waals surface area contributed by atoms with Gasteiger partial charge in [0.1, 0.15) is 0 Å². The van der Waals surface area contributed by atoms with E-state index in [4.69, 9.17) is 10.7 Å². The summed E-state index contributed by atoms with van der Waals surface area (Å²) < 4.78 is 2.11. The number of para-hydroxylation sites is 1. The summed E-state index contributed by atoms with van der Waals surface area (Å²) in [6.45, 7) is 1.51. The van der Waals surface area contributed by atoms with Gasteiger partial charge in [-0.05, 0) is 24.5 Å². The second kappa shape index (κ2) is 4.61. The van der Waals surface area contributed by atoms with Crippen LogP contribution in [0.2, 0.25) is 0 Å². The first kappa shape index (κ1) is 11.9. The van der Waals surface area contributed by atoms with E-state index >= 15 is 0 Å². The fraction of sp³-hybridized carbons (Fsp3) is 0.267. The largest absolute Gasteiger partial charge is 0.325 e. The summed E-state index contributed by atoms with van der Waals surface area (Å²) in [7, 11) is 0. The fourth-order valence-corrected chi connectivity index (χ4v) is 3.71. The molecular formula is C15H16N4S. The Hall–Kier alpha value is -1.85. The van der Waals surface area contributed by atoms with E-state index in [1.165, 1.54) is 11.3 Å². The Morgan fingerprint density at radius 3 is 3.10 bits per heavy atom. The first-order valence-electron chi connectivity index (χ1n) is 6.88. The van der Waals surface area contributed by atoms with Gasteiger partial charge < -0.3 is 10.6 Å². The monoisotopic (exact) mass is 284 g/mol. The van der Waals surface area contributed by atoms with Crippen LogP contribution in [0, 0.1) is 0 Å². The minimum atomic E-state index is 0.506. The zero-order valence-corrected chi connectivity index (χ0v) is 11.9. The first-order chi connectivity index (χ1) is 9.88. The van der Waals surface area contributed by atoms with Crippen molar-refractivity contribution in [1.29, 1.82) is 0 Å². The van der Waals surface area contributed by atoms with Gasteiger partial charge >= 0.3 is 0 Å². The minimum Gasteiger partial charge on any atom is -0.325 e. The van der Waals surface area contributed by atoms with Crippen molar-refractivity contribution in [2.75, 3.05) is 11.4 Å². The lowest BCUT2D eigenvalue weighted by molar-refractivity contribution is 0.756. The lowest BCUT2D eigenvalue weighted by Gasteiger charge is -2.30. The van der Waals surface area contributed by atoms with E-state index in [-0.39, 0.29) is 0 Å². The van der Waals surface area contributed by atoms with Crippen LogP contribution in [0.15, 0.2) is 35.8 Å². The molecule has 4 nitrogen and oxygen atoms in total. The average Bonchev–Trinajstić information content (AvgIpc) is 3.06. The van der Waals surface area contributed by atoms with Crippen molar-refractivity contribution < 1.29 is 0 Å². The van der Waals surface area contributed by atoms with E-state index in [9.17, 15) is 0 Å². The molecule has 20 heavy (non-hydrogen) atoms. The van der Waals surface area contributed by atoms with E-state index in [0.29, 0.717) is 6.54 Å². The van der Waals surface area contributed by atoms with Gasteiger partial charge in [0.05, 0.1) is 5.69 Å². The van der Waals surface area contributed by atoms with Crippen LogP contribution in [0.3, 0.4) is 0 Å². The summed E-state index contributed by atoms with van der Waals surface area (Å²) in [5.74, 6) is 1.02. The van der Waals surface area contributed by atoms with Crippen LogP contribution in [0.25, 0.3) is 4.96 Å². The molecule has 0 aliphatic carbocycles. The molecule has 2 N–H and O–H groups in total. The Morgan fingerprint density at radius 1 is 1.30 bits per heavy atom. The number of hydrogen-bond acceptors (Lipinski definition) is 4. The van der Waals surface area contributed by atoms with Crippen molar-refractivity contribution >= 4 is 27.8 Å². The van der Waals surface area contributed by atoms with Crippen molar-refractivity contribution in [3.63, 3.8) is 0 Å². The maximum absolute atomic E-state index is 5.96. The number of benzene rings is 1. The SMILES string of the molecule is NCc1c(N2CCCc3ccccc32)nc2sccn12. The molecular weight excluding hydrogens is 268 g/mol. The van der Waals surface area contributed by atoms with Gasteiger partial charge in [-0.2, -0.15) is 0 Å². The Labute approximate surface area is 121 Å². The number of hydrogen-bond donors (Lipinski definition) is 1. The van der Waals surface area contributed by atoms with Gasteiger partial charge in [0, 0.05) is 30.4 Å². The predicted molar refractivity (Wildman–Crippen MR) is 82.7 cm³/mol. The van der Waals surface area contributed by atoms with E-state index in [0.717, 1.165) is 35.9 Å². The molecule has 1 aliphatic heterocycles. The maximum Gasteiger partial charge on any atom is 0.195 e. The van der Waals surface area contributed by atoms with Gasteiger partial charge in [-0.3, -0.25) is 4.40 Å².